The van der Waals surface area contributed by atoms with Crippen molar-refractivity contribution in [3.63, 3.8) is 0 Å². The molecule has 1 unspecified atom stereocenters. The van der Waals surface area contributed by atoms with Crippen molar-refractivity contribution in [3.8, 4) is 5.75 Å². The van der Waals surface area contributed by atoms with E-state index in [4.69, 9.17) is 10.5 Å². The number of nitrogens with zero attached hydrogens (tertiary/aromatic N) is 2. The number of hydrogen-bond donors (Lipinski definition) is 1. The first-order chi connectivity index (χ1) is 9.06. The molecule has 0 bridgehead atoms. The Balaban J connectivity index is 1.95. The Hall–Kier alpha value is -2.24. The lowest BCUT2D eigenvalue weighted by molar-refractivity contribution is -0.118. The van der Waals surface area contributed by atoms with Crippen LogP contribution in [0.25, 0.3) is 0 Å². The summed E-state index contributed by atoms with van der Waals surface area (Å²) in [6, 6.07) is 5.50. The van der Waals surface area contributed by atoms with Crippen molar-refractivity contribution >= 4 is 17.6 Å². The molecule has 3 rings (SSSR count). The van der Waals surface area contributed by atoms with Crippen molar-refractivity contribution in [1.29, 1.82) is 0 Å². The van der Waals surface area contributed by atoms with Gasteiger partial charge in [0.1, 0.15) is 18.9 Å². The van der Waals surface area contributed by atoms with Crippen LogP contribution in [-0.4, -0.2) is 42.6 Å². The second kappa shape index (κ2) is 4.15. The van der Waals surface area contributed by atoms with E-state index in [-0.39, 0.29) is 18.6 Å². The lowest BCUT2D eigenvalue weighted by atomic mass is 10.1. The van der Waals surface area contributed by atoms with Crippen molar-refractivity contribution < 1.29 is 14.3 Å². The summed E-state index contributed by atoms with van der Waals surface area (Å²) in [5.74, 6) is 0.203. The van der Waals surface area contributed by atoms with Gasteiger partial charge in [0, 0.05) is 6.54 Å². The number of rotatable bonds is 2. The quantitative estimate of drug-likeness (QED) is 0.841. The Kier molecular flexibility index (Phi) is 2.58. The van der Waals surface area contributed by atoms with Gasteiger partial charge in [0.2, 0.25) is 5.91 Å². The second-order valence-corrected chi connectivity index (χ2v) is 4.94. The van der Waals surface area contributed by atoms with Crippen molar-refractivity contribution in [1.82, 2.24) is 4.90 Å². The third-order valence-electron chi connectivity index (χ3n) is 3.42. The van der Waals surface area contributed by atoms with Crippen molar-refractivity contribution in [2.24, 2.45) is 5.73 Å². The maximum atomic E-state index is 12.3. The molecule has 6 nitrogen and oxygen atoms in total. The van der Waals surface area contributed by atoms with E-state index >= 15 is 0 Å². The van der Waals surface area contributed by atoms with Gasteiger partial charge in [0.15, 0.2) is 0 Å². The highest BCUT2D eigenvalue weighted by Gasteiger charge is 2.42. The molecule has 1 aromatic rings. The van der Waals surface area contributed by atoms with Crippen LogP contribution in [0.5, 0.6) is 5.75 Å². The molecular formula is C13H15N3O3. The summed E-state index contributed by atoms with van der Waals surface area (Å²) >= 11 is 0. The lowest BCUT2D eigenvalue weighted by Crippen LogP contribution is -2.42. The normalized spacial score (nSPS) is 20.9. The smallest absolute Gasteiger partial charge is 0.325 e. The summed E-state index contributed by atoms with van der Waals surface area (Å²) in [4.78, 5) is 26.5. The summed E-state index contributed by atoms with van der Waals surface area (Å²) in [7, 11) is 0. The number of nitrogens with two attached hydrogens (primary N) is 1. The van der Waals surface area contributed by atoms with Crippen LogP contribution in [0.4, 0.5) is 10.5 Å². The Morgan fingerprint density at radius 2 is 2.32 bits per heavy atom. The van der Waals surface area contributed by atoms with Gasteiger partial charge in [0.05, 0.1) is 11.7 Å². The molecule has 2 N–H and O–H groups in total. The average Bonchev–Trinajstić information content (AvgIpc) is 2.66. The third-order valence-corrected chi connectivity index (χ3v) is 3.42. The van der Waals surface area contributed by atoms with Crippen LogP contribution in [-0.2, 0) is 4.79 Å². The maximum Gasteiger partial charge on any atom is 0.325 e. The fourth-order valence-electron chi connectivity index (χ4n) is 2.59. The zero-order valence-electron chi connectivity index (χ0n) is 10.6. The number of benzene rings is 1. The second-order valence-electron chi connectivity index (χ2n) is 4.94. The van der Waals surface area contributed by atoms with E-state index in [1.807, 2.05) is 25.1 Å². The number of primary amides is 1. The zero-order valence-corrected chi connectivity index (χ0v) is 10.6. The van der Waals surface area contributed by atoms with Crippen molar-refractivity contribution in [2.75, 3.05) is 24.6 Å². The first-order valence-electron chi connectivity index (χ1n) is 6.16. The minimum Gasteiger partial charge on any atom is -0.489 e. The van der Waals surface area contributed by atoms with Crippen LogP contribution in [0.2, 0.25) is 0 Å². The molecule has 1 saturated heterocycles. The number of hydrogen-bond acceptors (Lipinski definition) is 3. The minimum atomic E-state index is -0.501. The number of carbonyl (C=O) groups excluding carboxylic acids is 2. The molecule has 3 amide bonds. The van der Waals surface area contributed by atoms with Gasteiger partial charge < -0.3 is 15.4 Å². The standard InChI is InChI=1S/C13H15N3O3/c1-8-2-3-11-10(4-8)16-9(7-19-11)5-15(13(16)18)6-12(14)17/h2-4,9H,5-7H2,1H3,(H2,14,17). The molecule has 19 heavy (non-hydrogen) atoms. The molecule has 2 aliphatic rings. The van der Waals surface area contributed by atoms with Crippen LogP contribution in [0, 0.1) is 6.92 Å². The zero-order chi connectivity index (χ0) is 13.6. The summed E-state index contributed by atoms with van der Waals surface area (Å²) in [5.41, 5.74) is 6.99. The van der Waals surface area contributed by atoms with E-state index in [9.17, 15) is 9.59 Å². The number of carbonyl (C=O) groups is 2. The van der Waals surface area contributed by atoms with Crippen molar-refractivity contribution in [3.05, 3.63) is 23.8 Å². The van der Waals surface area contributed by atoms with Crippen LogP contribution in [0.1, 0.15) is 5.56 Å². The van der Waals surface area contributed by atoms with E-state index < -0.39 is 5.91 Å². The number of anilines is 1. The Labute approximate surface area is 110 Å². The predicted molar refractivity (Wildman–Crippen MR) is 69.1 cm³/mol. The largest absolute Gasteiger partial charge is 0.489 e. The first kappa shape index (κ1) is 11.8. The summed E-state index contributed by atoms with van der Waals surface area (Å²) in [6.07, 6.45) is 0. The number of aryl methyl sites for hydroxylation is 1. The molecule has 2 heterocycles. The van der Waals surface area contributed by atoms with E-state index in [2.05, 4.69) is 0 Å². The summed E-state index contributed by atoms with van der Waals surface area (Å²) < 4.78 is 5.66. The highest BCUT2D eigenvalue weighted by atomic mass is 16.5. The monoisotopic (exact) mass is 261 g/mol. The van der Waals surface area contributed by atoms with Crippen LogP contribution in [0.3, 0.4) is 0 Å². The molecule has 0 radical (unpaired) electrons. The molecule has 6 heteroatoms. The van der Waals surface area contributed by atoms with Gasteiger partial charge in [-0.1, -0.05) is 6.07 Å². The van der Waals surface area contributed by atoms with Gasteiger partial charge in [-0.05, 0) is 24.6 Å². The fraction of sp³-hybridized carbons (Fsp3) is 0.385. The molecular weight excluding hydrogens is 246 g/mol. The minimum absolute atomic E-state index is 0.0486. The number of fused-ring (bicyclic) bond motifs is 3. The van der Waals surface area contributed by atoms with E-state index in [0.717, 1.165) is 11.3 Å². The molecule has 0 saturated carbocycles. The first-order valence-corrected chi connectivity index (χ1v) is 6.16. The molecule has 0 spiro atoms. The Morgan fingerprint density at radius 3 is 3.05 bits per heavy atom. The Morgan fingerprint density at radius 1 is 1.53 bits per heavy atom. The van der Waals surface area contributed by atoms with Gasteiger partial charge in [-0.25, -0.2) is 4.79 Å². The number of ether oxygens (including phenoxy) is 1. The molecule has 0 aliphatic carbocycles. The highest BCUT2D eigenvalue weighted by molar-refractivity contribution is 5.98. The molecule has 2 aliphatic heterocycles. The number of urea groups is 1. The molecule has 1 atom stereocenters. The van der Waals surface area contributed by atoms with Gasteiger partial charge in [-0.15, -0.1) is 0 Å². The van der Waals surface area contributed by atoms with Crippen molar-refractivity contribution in [2.45, 2.75) is 13.0 Å². The number of amides is 3. The van der Waals surface area contributed by atoms with Gasteiger partial charge in [0.25, 0.3) is 0 Å². The van der Waals surface area contributed by atoms with Crippen LogP contribution in [0.15, 0.2) is 18.2 Å². The predicted octanol–water partition coefficient (Wildman–Crippen LogP) is 0.483. The molecule has 1 fully saturated rings. The SMILES string of the molecule is Cc1ccc2c(c1)N1C(=O)N(CC(N)=O)CC1CO2. The summed E-state index contributed by atoms with van der Waals surface area (Å²) in [6.45, 7) is 2.82. The van der Waals surface area contributed by atoms with E-state index in [1.165, 1.54) is 4.90 Å². The molecule has 0 aromatic heterocycles. The highest BCUT2D eigenvalue weighted by Crippen LogP contribution is 2.37. The van der Waals surface area contributed by atoms with E-state index in [1.54, 1.807) is 4.90 Å². The summed E-state index contributed by atoms with van der Waals surface area (Å²) in [5, 5.41) is 0. The molecule has 1 aromatic carbocycles. The topological polar surface area (TPSA) is 75.9 Å². The lowest BCUT2D eigenvalue weighted by Gasteiger charge is -2.30. The van der Waals surface area contributed by atoms with Gasteiger partial charge >= 0.3 is 6.03 Å². The van der Waals surface area contributed by atoms with Crippen LogP contribution < -0.4 is 15.4 Å². The average molecular weight is 261 g/mol. The third kappa shape index (κ3) is 1.89. The maximum absolute atomic E-state index is 12.3. The van der Waals surface area contributed by atoms with Gasteiger partial charge in [-0.2, -0.15) is 0 Å². The van der Waals surface area contributed by atoms with Crippen LogP contribution >= 0.6 is 0 Å². The van der Waals surface area contributed by atoms with E-state index in [0.29, 0.717) is 18.9 Å². The fourth-order valence-corrected chi connectivity index (χ4v) is 2.59. The Bertz CT molecular complexity index is 558. The molecule has 100 valence electrons. The van der Waals surface area contributed by atoms with Gasteiger partial charge in [-0.3, -0.25) is 9.69 Å².